The summed E-state index contributed by atoms with van der Waals surface area (Å²) < 4.78 is 16.7. The van der Waals surface area contributed by atoms with Crippen LogP contribution in [-0.4, -0.2) is 90.8 Å². The number of hydrogen-bond donors (Lipinski definition) is 5. The van der Waals surface area contributed by atoms with Gasteiger partial charge in [0.05, 0.1) is 28.6 Å². The van der Waals surface area contributed by atoms with E-state index in [0.717, 1.165) is 19.5 Å². The van der Waals surface area contributed by atoms with Crippen LogP contribution in [0.15, 0.2) is 56.5 Å². The minimum atomic E-state index is -0.987. The van der Waals surface area contributed by atoms with Crippen LogP contribution in [0.5, 0.6) is 5.75 Å². The summed E-state index contributed by atoms with van der Waals surface area (Å²) in [5.41, 5.74) is 6.90. The maximum Gasteiger partial charge on any atom is 0.405 e. The first-order chi connectivity index (χ1) is 22.3. The number of aromatic hydroxyl groups is 1. The van der Waals surface area contributed by atoms with Crippen LogP contribution in [0.2, 0.25) is 0 Å². The van der Waals surface area contributed by atoms with Crippen LogP contribution in [0.3, 0.4) is 0 Å². The zero-order valence-corrected chi connectivity index (χ0v) is 27.7. The maximum atomic E-state index is 13.3. The molecule has 0 aromatic heterocycles. The first-order valence-corrected chi connectivity index (χ1v) is 15.6. The van der Waals surface area contributed by atoms with Gasteiger partial charge in [0.15, 0.2) is 6.10 Å². The van der Waals surface area contributed by atoms with Gasteiger partial charge in [-0.15, -0.1) is 0 Å². The predicted octanol–water partition coefficient (Wildman–Crippen LogP) is 2.10. The number of methoxy groups -OCH3 is 2. The number of ether oxygens (including phenoxy) is 3. The molecule has 2 bridgehead atoms. The highest BCUT2D eigenvalue weighted by atomic mass is 16.6. The van der Waals surface area contributed by atoms with E-state index < -0.39 is 42.3 Å². The highest BCUT2D eigenvalue weighted by Crippen LogP contribution is 2.29. The van der Waals surface area contributed by atoms with E-state index in [1.54, 1.807) is 38.2 Å². The second-order valence-corrected chi connectivity index (χ2v) is 12.2. The lowest BCUT2D eigenvalue weighted by Crippen LogP contribution is -2.41. The van der Waals surface area contributed by atoms with E-state index in [1.807, 2.05) is 18.7 Å². The van der Waals surface area contributed by atoms with Gasteiger partial charge in [0, 0.05) is 44.4 Å². The number of benzene rings is 1. The molecule has 2 amide bonds. The van der Waals surface area contributed by atoms with Crippen molar-refractivity contribution < 1.29 is 34.0 Å². The topological polar surface area (TPSA) is 205 Å². The molecule has 47 heavy (non-hydrogen) atoms. The first-order valence-electron chi connectivity index (χ1n) is 15.6. The second-order valence-electron chi connectivity index (χ2n) is 12.2. The van der Waals surface area contributed by atoms with Gasteiger partial charge in [0.2, 0.25) is 5.96 Å². The fourth-order valence-corrected chi connectivity index (χ4v) is 5.78. The van der Waals surface area contributed by atoms with Crippen LogP contribution in [0.25, 0.3) is 0 Å². The number of carbonyl (C=O) groups is 2. The summed E-state index contributed by atoms with van der Waals surface area (Å²) in [6.07, 6.45) is 4.10. The normalized spacial score (nSPS) is 30.7. The number of primary amides is 1. The van der Waals surface area contributed by atoms with E-state index in [1.165, 1.54) is 20.3 Å². The third-order valence-corrected chi connectivity index (χ3v) is 8.60. The smallest absolute Gasteiger partial charge is 0.405 e. The summed E-state index contributed by atoms with van der Waals surface area (Å²) in [6.45, 7) is 8.66. The van der Waals surface area contributed by atoms with E-state index in [9.17, 15) is 19.8 Å². The number of aliphatic hydroxyl groups excluding tert-OH is 1. The number of allylic oxidation sites excluding steroid dienone is 2. The van der Waals surface area contributed by atoms with Gasteiger partial charge < -0.3 is 40.4 Å². The molecule has 0 spiro atoms. The van der Waals surface area contributed by atoms with Crippen molar-refractivity contribution in [3.63, 3.8) is 0 Å². The molecule has 3 heterocycles. The van der Waals surface area contributed by atoms with E-state index in [-0.39, 0.29) is 29.3 Å². The number of aliphatic imine (C=N–C) groups is 1. The molecule has 14 heteroatoms. The van der Waals surface area contributed by atoms with Crippen molar-refractivity contribution >= 4 is 29.6 Å². The van der Waals surface area contributed by atoms with Gasteiger partial charge in [-0.25, -0.2) is 14.8 Å². The van der Waals surface area contributed by atoms with E-state index >= 15 is 0 Å². The molecule has 14 nitrogen and oxygen atoms in total. The van der Waals surface area contributed by atoms with Crippen molar-refractivity contribution in [1.29, 1.82) is 5.41 Å². The number of carbonyl (C=O) groups excluding carboxylic acids is 2. The number of fused-ring (bicyclic) bond motifs is 4. The molecular weight excluding hydrogens is 606 g/mol. The van der Waals surface area contributed by atoms with E-state index in [4.69, 9.17) is 25.4 Å². The number of aliphatic hydroxyl groups is 1. The lowest BCUT2D eigenvalue weighted by atomic mass is 9.88. The Balaban J connectivity index is 1.79. The largest absolute Gasteiger partial charge is 0.505 e. The number of nitrogens with zero attached hydrogens (tertiary/aromatic N) is 4. The summed E-state index contributed by atoms with van der Waals surface area (Å²) in [5, 5.41) is 34.7. The first kappa shape index (κ1) is 35.5. The Morgan fingerprint density at radius 1 is 1.19 bits per heavy atom. The quantitative estimate of drug-likeness (QED) is 0.141. The van der Waals surface area contributed by atoms with Crippen molar-refractivity contribution in [2.24, 2.45) is 32.5 Å². The number of phenols is 1. The molecule has 1 fully saturated rings. The molecule has 0 radical (unpaired) electrons. The van der Waals surface area contributed by atoms with Gasteiger partial charge in [-0.3, -0.25) is 10.2 Å². The highest BCUT2D eigenvalue weighted by Gasteiger charge is 2.30. The Labute approximate surface area is 273 Å². The van der Waals surface area contributed by atoms with Crippen LogP contribution in [0.1, 0.15) is 46.1 Å². The Morgan fingerprint density at radius 2 is 1.91 bits per heavy atom. The summed E-state index contributed by atoms with van der Waals surface area (Å²) in [4.78, 5) is 40.2. The molecule has 1 aromatic rings. The maximum absolute atomic E-state index is 13.3. The van der Waals surface area contributed by atoms with Crippen LogP contribution in [0, 0.1) is 17.2 Å². The number of rotatable bonds is 3. The van der Waals surface area contributed by atoms with E-state index in [0.29, 0.717) is 40.3 Å². The molecule has 6 N–H and O–H groups in total. The van der Waals surface area contributed by atoms with Crippen molar-refractivity contribution in [2.75, 3.05) is 32.6 Å². The Hall–Kier alpha value is -4.40. The number of likely N-dealkylation sites (tertiary alicyclic amines) is 1. The second kappa shape index (κ2) is 15.5. The Kier molecular flexibility index (Phi) is 11.7. The summed E-state index contributed by atoms with van der Waals surface area (Å²) in [7, 11) is 2.98. The van der Waals surface area contributed by atoms with Crippen LogP contribution >= 0.6 is 0 Å². The third-order valence-electron chi connectivity index (χ3n) is 8.60. The number of hydrogen-bond acceptors (Lipinski definition) is 8. The minimum Gasteiger partial charge on any atom is -0.505 e. The number of nitrogens with two attached hydrogens (primary N) is 1. The molecule has 6 atom stereocenters. The minimum absolute atomic E-state index is 0.0692. The number of anilines is 1. The lowest BCUT2D eigenvalue weighted by Gasteiger charge is -2.30. The van der Waals surface area contributed by atoms with Gasteiger partial charge in [-0.05, 0) is 50.7 Å². The van der Waals surface area contributed by atoms with Gasteiger partial charge in [-0.1, -0.05) is 38.2 Å². The molecule has 0 saturated carbocycles. The average Bonchev–Trinajstić information content (AvgIpc) is 3.38. The van der Waals surface area contributed by atoms with Crippen molar-refractivity contribution in [2.45, 2.75) is 71.4 Å². The zero-order chi connectivity index (χ0) is 34.4. The molecule has 3 aliphatic rings. The highest BCUT2D eigenvalue weighted by molar-refractivity contribution is 6.04. The van der Waals surface area contributed by atoms with Crippen molar-refractivity contribution in [3.05, 3.63) is 57.8 Å². The van der Waals surface area contributed by atoms with Crippen LogP contribution in [-0.2, 0) is 25.4 Å². The summed E-state index contributed by atoms with van der Waals surface area (Å²) in [6, 6.07) is 1.53. The van der Waals surface area contributed by atoms with Gasteiger partial charge in [0.1, 0.15) is 11.9 Å². The fraction of sp³-hybridized carbons (Fsp3) is 0.515. The lowest BCUT2D eigenvalue weighted by molar-refractivity contribution is -0.112. The Bertz CT molecular complexity index is 1630. The number of amides is 2. The molecule has 3 aliphatic heterocycles. The molecule has 0 aliphatic carbocycles. The zero-order valence-electron chi connectivity index (χ0n) is 27.7. The standard InChI is InChI=1S/C33H45N7O7/c1-17-13-21-26-22(37-33(38-26)39-31(34)40-11-8-12-40)16-23(28(21)42)36-30(43)18(2)9-7-10-24(45-5)29(47-32(35)44)20(4)15-19(3)27(41)25(14-17)46-6/h7,9-10,15-17,19,24-25,27,29,34,41-42H,8,11-14H2,1-6H3,(H2,35,44)(H,36,43)/b10-7-,18-9+,20-15+,34-31?,39-33?/t17-,19+,24+,25+,27-,29+/m1/s1. The van der Waals surface area contributed by atoms with Crippen molar-refractivity contribution in [1.82, 2.24) is 4.90 Å². The van der Waals surface area contributed by atoms with Gasteiger partial charge >= 0.3 is 6.09 Å². The molecule has 1 saturated heterocycles. The predicted molar refractivity (Wildman–Crippen MR) is 176 cm³/mol. The number of phenolic OH excluding ortho intramolecular Hbond substituents is 1. The van der Waals surface area contributed by atoms with E-state index in [2.05, 4.69) is 20.3 Å². The third kappa shape index (κ3) is 8.50. The van der Waals surface area contributed by atoms with Crippen LogP contribution < -0.4 is 21.8 Å². The number of nitrogens with one attached hydrogen (secondary N) is 2. The monoisotopic (exact) mass is 651 g/mol. The summed E-state index contributed by atoms with van der Waals surface area (Å²) in [5.74, 6) is -1.03. The SMILES string of the molecule is CO[C@H]1/C=C\C=C(/C)C(=O)Nc2cc3c(c(c2O)C[C@@H](C)C[C@H](OC)[C@H](O)[C@@H](C)/C=C(\C)[C@@H]1OC(N)=O)=NC(=NC(=N)N1CCC1)N=3. The molecule has 4 rings (SSSR count). The average molecular weight is 652 g/mol. The summed E-state index contributed by atoms with van der Waals surface area (Å²) >= 11 is 0. The van der Waals surface area contributed by atoms with Gasteiger partial charge in [0.25, 0.3) is 11.9 Å². The molecule has 254 valence electrons. The number of guanidine groups is 2. The van der Waals surface area contributed by atoms with Gasteiger partial charge in [-0.2, -0.15) is 4.99 Å². The molecule has 0 unspecified atom stereocenters. The van der Waals surface area contributed by atoms with Crippen LogP contribution in [0.4, 0.5) is 10.5 Å². The van der Waals surface area contributed by atoms with Crippen molar-refractivity contribution in [3.8, 4) is 5.75 Å². The molecular formula is C33H45N7O7. The Morgan fingerprint density at radius 3 is 2.53 bits per heavy atom. The molecule has 1 aromatic carbocycles. The fourth-order valence-electron chi connectivity index (χ4n) is 5.78.